The van der Waals surface area contributed by atoms with Gasteiger partial charge in [-0.3, -0.25) is 9.59 Å². The number of esters is 1. The smallest absolute Gasteiger partial charge is 0.309 e. The average Bonchev–Trinajstić information content (AvgIpc) is 3.39. The van der Waals surface area contributed by atoms with Gasteiger partial charge in [-0.05, 0) is 54.6 Å². The predicted octanol–water partition coefficient (Wildman–Crippen LogP) is 4.49. The van der Waals surface area contributed by atoms with E-state index in [0.29, 0.717) is 22.6 Å². The van der Waals surface area contributed by atoms with Crippen LogP contribution in [0.1, 0.15) is 29.4 Å². The maximum atomic E-state index is 14.2. The second-order valence-electron chi connectivity index (χ2n) is 7.65. The van der Waals surface area contributed by atoms with E-state index in [1.165, 1.54) is 18.3 Å². The van der Waals surface area contributed by atoms with Gasteiger partial charge in [0.05, 0.1) is 18.7 Å². The van der Waals surface area contributed by atoms with Gasteiger partial charge in [-0.1, -0.05) is 41.0 Å². The molecule has 0 bridgehead atoms. The Balaban J connectivity index is 1.82. The molecule has 2 N–H and O–H groups in total. The van der Waals surface area contributed by atoms with Crippen molar-refractivity contribution in [2.75, 3.05) is 13.2 Å². The fourth-order valence-electron chi connectivity index (χ4n) is 3.57. The fraction of sp³-hybridized carbons (Fsp3) is 0.304. The lowest BCUT2D eigenvalue weighted by molar-refractivity contribution is -0.148. The molecule has 0 fully saturated rings. The van der Waals surface area contributed by atoms with E-state index in [1.54, 1.807) is 37.3 Å². The Bertz CT molecular complexity index is 1200. The van der Waals surface area contributed by atoms with Gasteiger partial charge in [-0.2, -0.15) is 15.4 Å². The third-order valence-electron chi connectivity index (χ3n) is 5.21. The molecule has 0 saturated carbocycles. The minimum Gasteiger partial charge on any atom is -0.466 e. The Labute approximate surface area is 205 Å². The molecule has 182 valence electrons. The summed E-state index contributed by atoms with van der Waals surface area (Å²) in [4.78, 5) is 27.8. The molecule has 1 aromatic heterocycles. The van der Waals surface area contributed by atoms with Crippen molar-refractivity contribution in [3.8, 4) is 11.1 Å². The zero-order valence-electron chi connectivity index (χ0n) is 18.8. The Hall–Kier alpha value is -3.95. The van der Waals surface area contributed by atoms with E-state index in [4.69, 9.17) is 21.9 Å². The van der Waals surface area contributed by atoms with Gasteiger partial charge in [0.25, 0.3) is 5.91 Å². The molecule has 3 rings (SSSR count). The van der Waals surface area contributed by atoms with Crippen LogP contribution in [0.25, 0.3) is 21.6 Å². The second kappa shape index (κ2) is 12.5. The van der Waals surface area contributed by atoms with Crippen LogP contribution in [0.3, 0.4) is 0 Å². The third-order valence-corrected chi connectivity index (χ3v) is 5.45. The van der Waals surface area contributed by atoms with Gasteiger partial charge < -0.3 is 10.1 Å². The van der Waals surface area contributed by atoms with Gasteiger partial charge >= 0.3 is 5.97 Å². The first-order valence-electron chi connectivity index (χ1n) is 10.8. The Morgan fingerprint density at radius 2 is 2.06 bits per heavy atom. The fourth-order valence-corrected chi connectivity index (χ4v) is 3.74. The first kappa shape index (κ1) is 25.7. The molecule has 3 aromatic rings. The molecule has 0 aliphatic carbocycles. The van der Waals surface area contributed by atoms with Crippen LogP contribution in [0.4, 0.5) is 4.39 Å². The molecule has 0 saturated heterocycles. The van der Waals surface area contributed by atoms with Crippen molar-refractivity contribution in [1.29, 1.82) is 0 Å². The summed E-state index contributed by atoms with van der Waals surface area (Å²) in [5, 5.41) is 16.6. The average molecular weight is 500 g/mol. The third kappa shape index (κ3) is 7.26. The van der Waals surface area contributed by atoms with E-state index in [2.05, 4.69) is 30.8 Å². The molecule has 35 heavy (non-hydrogen) atoms. The highest BCUT2D eigenvalue weighted by atomic mass is 35.5. The number of halogens is 2. The van der Waals surface area contributed by atoms with E-state index in [0.717, 1.165) is 5.56 Å². The molecule has 1 amide bonds. The SMILES string of the molecule is CCOC(=O)[C@H](CN=[N+]=[N-])C[C@@H](Cc1ccc(-c2cc(Cl)ccc2F)cc1)NC(=O)c1cn[nH]n1. The number of aromatic nitrogens is 3. The number of nitrogens with zero attached hydrogens (tertiary/aromatic N) is 5. The van der Waals surface area contributed by atoms with Crippen molar-refractivity contribution < 1.29 is 18.7 Å². The number of carbonyl (C=O) groups excluding carboxylic acids is 2. The predicted molar refractivity (Wildman–Crippen MR) is 127 cm³/mol. The number of aromatic amines is 1. The number of carbonyl (C=O) groups is 2. The number of hydrogen-bond donors (Lipinski definition) is 2. The molecule has 0 spiro atoms. The van der Waals surface area contributed by atoms with E-state index in [-0.39, 0.29) is 25.3 Å². The summed E-state index contributed by atoms with van der Waals surface area (Å²) in [6.07, 6.45) is 1.78. The van der Waals surface area contributed by atoms with Crippen molar-refractivity contribution in [1.82, 2.24) is 20.7 Å². The Morgan fingerprint density at radius 3 is 2.71 bits per heavy atom. The van der Waals surface area contributed by atoms with Gasteiger partial charge in [0.1, 0.15) is 5.82 Å². The monoisotopic (exact) mass is 499 g/mol. The van der Waals surface area contributed by atoms with Crippen LogP contribution in [0, 0.1) is 11.7 Å². The summed E-state index contributed by atoms with van der Waals surface area (Å²) in [6.45, 7) is 1.73. The van der Waals surface area contributed by atoms with Gasteiger partial charge in [0, 0.05) is 28.1 Å². The molecular weight excluding hydrogens is 477 g/mol. The molecule has 12 heteroatoms. The van der Waals surface area contributed by atoms with Crippen molar-refractivity contribution in [3.63, 3.8) is 0 Å². The van der Waals surface area contributed by atoms with Crippen molar-refractivity contribution in [3.05, 3.63) is 81.2 Å². The van der Waals surface area contributed by atoms with Crippen LogP contribution in [0.15, 0.2) is 53.8 Å². The minimum absolute atomic E-state index is 0.0875. The molecule has 0 radical (unpaired) electrons. The van der Waals surface area contributed by atoms with E-state index in [9.17, 15) is 14.0 Å². The normalized spacial score (nSPS) is 12.3. The van der Waals surface area contributed by atoms with Crippen LogP contribution in [-0.2, 0) is 16.0 Å². The summed E-state index contributed by atoms with van der Waals surface area (Å²) in [5.74, 6) is -2.15. The van der Waals surface area contributed by atoms with E-state index >= 15 is 0 Å². The maximum absolute atomic E-state index is 14.2. The Morgan fingerprint density at radius 1 is 1.29 bits per heavy atom. The second-order valence-corrected chi connectivity index (χ2v) is 8.09. The van der Waals surface area contributed by atoms with Crippen LogP contribution in [0.5, 0.6) is 0 Å². The van der Waals surface area contributed by atoms with Crippen LogP contribution >= 0.6 is 11.6 Å². The van der Waals surface area contributed by atoms with Gasteiger partial charge in [-0.15, -0.1) is 0 Å². The first-order valence-corrected chi connectivity index (χ1v) is 11.2. The topological polar surface area (TPSA) is 146 Å². The molecule has 10 nitrogen and oxygen atoms in total. The van der Waals surface area contributed by atoms with Crippen LogP contribution in [0.2, 0.25) is 5.02 Å². The zero-order chi connectivity index (χ0) is 25.2. The lowest BCUT2D eigenvalue weighted by atomic mass is 9.93. The molecule has 0 aliphatic rings. The summed E-state index contributed by atoms with van der Waals surface area (Å²) in [5.41, 5.74) is 10.6. The standard InChI is InChI=1S/C23H23ClFN7O3/c1-2-35-23(34)16(12-27-31-26)10-18(29-22(33)21-13-28-32-30-21)9-14-3-5-15(6-4-14)19-11-17(24)7-8-20(19)25/h3-8,11,13,16,18H,2,9-10,12H2,1H3,(H,29,33)(H,28,30,32)/t16-,18+/m0/s1. The van der Waals surface area contributed by atoms with Gasteiger partial charge in [0.2, 0.25) is 0 Å². The van der Waals surface area contributed by atoms with E-state index < -0.39 is 29.7 Å². The molecule has 0 aliphatic heterocycles. The van der Waals surface area contributed by atoms with Crippen molar-refractivity contribution in [2.45, 2.75) is 25.8 Å². The summed E-state index contributed by atoms with van der Waals surface area (Å²) in [7, 11) is 0. The Kier molecular flexibility index (Phi) is 9.16. The van der Waals surface area contributed by atoms with Crippen molar-refractivity contribution >= 4 is 23.5 Å². The number of azide groups is 1. The lowest BCUT2D eigenvalue weighted by Crippen LogP contribution is -2.40. The van der Waals surface area contributed by atoms with Gasteiger partial charge in [-0.25, -0.2) is 4.39 Å². The summed E-state index contributed by atoms with van der Waals surface area (Å²) < 4.78 is 19.3. The van der Waals surface area contributed by atoms with Crippen LogP contribution < -0.4 is 5.32 Å². The van der Waals surface area contributed by atoms with Crippen LogP contribution in [-0.4, -0.2) is 46.5 Å². The number of H-pyrrole nitrogens is 1. The number of ether oxygens (including phenoxy) is 1. The quantitative estimate of drug-likeness (QED) is 0.173. The summed E-state index contributed by atoms with van der Waals surface area (Å²) in [6, 6.07) is 10.9. The highest BCUT2D eigenvalue weighted by molar-refractivity contribution is 6.30. The number of nitrogens with one attached hydrogen (secondary N) is 2. The zero-order valence-corrected chi connectivity index (χ0v) is 19.6. The molecule has 1 heterocycles. The lowest BCUT2D eigenvalue weighted by Gasteiger charge is -2.23. The number of rotatable bonds is 11. The number of amides is 1. The number of hydrogen-bond acceptors (Lipinski definition) is 6. The largest absolute Gasteiger partial charge is 0.466 e. The number of benzene rings is 2. The van der Waals surface area contributed by atoms with Crippen molar-refractivity contribution in [2.24, 2.45) is 11.0 Å². The molecule has 2 aromatic carbocycles. The maximum Gasteiger partial charge on any atom is 0.309 e. The molecule has 2 atom stereocenters. The highest BCUT2D eigenvalue weighted by Crippen LogP contribution is 2.27. The summed E-state index contributed by atoms with van der Waals surface area (Å²) >= 11 is 6.00. The first-order chi connectivity index (χ1) is 16.9. The highest BCUT2D eigenvalue weighted by Gasteiger charge is 2.26. The minimum atomic E-state index is -0.756. The van der Waals surface area contributed by atoms with Gasteiger partial charge in [0.15, 0.2) is 5.69 Å². The molecule has 0 unspecified atom stereocenters. The van der Waals surface area contributed by atoms with E-state index in [1.807, 2.05) is 0 Å². The molecular formula is C23H23ClFN7O3.